The number of allylic oxidation sites excluding steroid dienone is 1. The summed E-state index contributed by atoms with van der Waals surface area (Å²) in [6.07, 6.45) is 2.27. The number of benzene rings is 2. The van der Waals surface area contributed by atoms with E-state index >= 15 is 0 Å². The van der Waals surface area contributed by atoms with Gasteiger partial charge in [0.1, 0.15) is 11.0 Å². The molecule has 0 unspecified atom stereocenters. The van der Waals surface area contributed by atoms with Crippen molar-refractivity contribution in [2.75, 3.05) is 12.4 Å². The number of sulfone groups is 1. The predicted molar refractivity (Wildman–Crippen MR) is 120 cm³/mol. The number of aliphatic hydroxyl groups excluding tert-OH is 2. The van der Waals surface area contributed by atoms with Crippen LogP contribution in [0.4, 0.5) is 0 Å². The smallest absolute Gasteiger partial charge is 0.163 e. The summed E-state index contributed by atoms with van der Waals surface area (Å²) in [5, 5.41) is 29.7. The van der Waals surface area contributed by atoms with Gasteiger partial charge in [0.2, 0.25) is 0 Å². The molecule has 0 spiro atoms. The van der Waals surface area contributed by atoms with Gasteiger partial charge in [-0.2, -0.15) is 0 Å². The fourth-order valence-corrected chi connectivity index (χ4v) is 6.01. The molecule has 30 heavy (non-hydrogen) atoms. The molecule has 0 saturated heterocycles. The van der Waals surface area contributed by atoms with Gasteiger partial charge in [0.15, 0.2) is 9.84 Å². The Labute approximate surface area is 177 Å². The number of para-hydroxylation sites is 1. The van der Waals surface area contributed by atoms with Crippen molar-refractivity contribution in [1.29, 1.82) is 0 Å². The molecule has 1 aliphatic heterocycles. The summed E-state index contributed by atoms with van der Waals surface area (Å²) in [5.74, 6) is 0.0742. The van der Waals surface area contributed by atoms with Crippen molar-refractivity contribution in [3.8, 4) is 5.75 Å². The van der Waals surface area contributed by atoms with Crippen LogP contribution in [0.2, 0.25) is 0 Å². The number of rotatable bonds is 8. The van der Waals surface area contributed by atoms with Crippen LogP contribution in [0, 0.1) is 0 Å². The Morgan fingerprint density at radius 2 is 1.80 bits per heavy atom. The second-order valence-electron chi connectivity index (χ2n) is 7.54. The van der Waals surface area contributed by atoms with Gasteiger partial charge in [-0.25, -0.2) is 8.42 Å². The second kappa shape index (κ2) is 9.60. The van der Waals surface area contributed by atoms with Crippen molar-refractivity contribution in [1.82, 2.24) is 0 Å². The van der Waals surface area contributed by atoms with E-state index in [1.807, 2.05) is 55.5 Å². The van der Waals surface area contributed by atoms with Gasteiger partial charge in [-0.1, -0.05) is 61.0 Å². The lowest BCUT2D eigenvalue weighted by Crippen LogP contribution is -2.29. The normalized spacial score (nSPS) is 19.8. The van der Waals surface area contributed by atoms with Crippen LogP contribution >= 0.6 is 0 Å². The van der Waals surface area contributed by atoms with Gasteiger partial charge < -0.3 is 15.3 Å². The molecule has 0 amide bonds. The molecule has 0 radical (unpaired) electrons. The third-order valence-electron chi connectivity index (χ3n) is 5.61. The Balaban J connectivity index is 1.88. The van der Waals surface area contributed by atoms with Gasteiger partial charge in [-0.05, 0) is 48.1 Å². The van der Waals surface area contributed by atoms with E-state index in [0.717, 1.165) is 11.1 Å². The number of phenolic OH excluding ortho intramolecular Hbond substituents is 1. The highest BCUT2D eigenvalue weighted by atomic mass is 32.2. The third kappa shape index (κ3) is 4.83. The van der Waals surface area contributed by atoms with Crippen molar-refractivity contribution in [3.05, 3.63) is 76.9 Å². The minimum Gasteiger partial charge on any atom is -0.507 e. The molecule has 1 aliphatic rings. The van der Waals surface area contributed by atoms with Crippen LogP contribution in [-0.2, 0) is 9.84 Å². The van der Waals surface area contributed by atoms with Gasteiger partial charge in [-0.15, -0.1) is 0 Å². The fourth-order valence-electron chi connectivity index (χ4n) is 4.01. The van der Waals surface area contributed by atoms with Crippen LogP contribution in [0.25, 0.3) is 11.6 Å². The molecule has 0 bridgehead atoms. The fraction of sp³-hybridized carbons (Fsp3) is 0.333. The highest BCUT2D eigenvalue weighted by Crippen LogP contribution is 2.34. The summed E-state index contributed by atoms with van der Waals surface area (Å²) in [7, 11) is -3.47. The molecule has 5 nitrogen and oxygen atoms in total. The lowest BCUT2D eigenvalue weighted by molar-refractivity contribution is 0.190. The maximum absolute atomic E-state index is 12.4. The molecule has 1 heterocycles. The molecule has 0 fully saturated rings. The molecule has 6 heteroatoms. The van der Waals surface area contributed by atoms with Crippen LogP contribution in [0.3, 0.4) is 0 Å². The summed E-state index contributed by atoms with van der Waals surface area (Å²) < 4.78 is 24.7. The summed E-state index contributed by atoms with van der Waals surface area (Å²) in [5.41, 5.74) is 3.73. The van der Waals surface area contributed by atoms with Crippen LogP contribution in [-0.4, -0.2) is 47.5 Å². The highest BCUT2D eigenvalue weighted by molar-refractivity contribution is 7.92. The van der Waals surface area contributed by atoms with E-state index in [9.17, 15) is 23.7 Å². The number of hydrogen-bond acceptors (Lipinski definition) is 5. The standard InChI is InChI=1S/C24H28O5S/c1-2-17-16-30(28,29)23(15-25)24(17)22(27)13-12-19(18-8-4-3-5-9-18)14-20-10-6-7-11-21(20)26/h3-11,14,22-23,25-27H,2,12-13,15-16H2,1H3/b19-14-/t22-,23+/m1/s1. The first kappa shape index (κ1) is 22.3. The summed E-state index contributed by atoms with van der Waals surface area (Å²) >= 11 is 0. The van der Waals surface area contributed by atoms with Crippen molar-refractivity contribution in [2.45, 2.75) is 37.5 Å². The monoisotopic (exact) mass is 428 g/mol. The van der Waals surface area contributed by atoms with E-state index in [1.165, 1.54) is 0 Å². The van der Waals surface area contributed by atoms with E-state index < -0.39 is 27.8 Å². The minimum absolute atomic E-state index is 0.0968. The maximum Gasteiger partial charge on any atom is 0.163 e. The van der Waals surface area contributed by atoms with Crippen molar-refractivity contribution in [3.63, 3.8) is 0 Å². The molecular formula is C24H28O5S. The van der Waals surface area contributed by atoms with Crippen LogP contribution in [0.1, 0.15) is 37.3 Å². The average Bonchev–Trinajstić information content (AvgIpc) is 3.02. The van der Waals surface area contributed by atoms with Crippen molar-refractivity contribution < 1.29 is 23.7 Å². The molecule has 160 valence electrons. The summed E-state index contributed by atoms with van der Waals surface area (Å²) in [6, 6.07) is 16.7. The van der Waals surface area contributed by atoms with Gasteiger partial charge in [0, 0.05) is 5.56 Å². The SMILES string of the molecule is CCC1=C([C@H](O)CC/C(=C/c2ccccc2O)c2ccccc2)[C@H](CO)S(=O)(=O)C1. The Kier molecular flexibility index (Phi) is 7.13. The number of hydrogen-bond donors (Lipinski definition) is 3. The second-order valence-corrected chi connectivity index (χ2v) is 9.72. The molecule has 2 aromatic rings. The van der Waals surface area contributed by atoms with Crippen LogP contribution in [0.15, 0.2) is 65.7 Å². The van der Waals surface area contributed by atoms with E-state index in [-0.39, 0.29) is 11.5 Å². The Bertz CT molecular complexity index is 1040. The van der Waals surface area contributed by atoms with E-state index in [4.69, 9.17) is 0 Å². The van der Waals surface area contributed by atoms with Gasteiger partial charge in [-0.3, -0.25) is 0 Å². The molecule has 2 aromatic carbocycles. The molecule has 0 aliphatic carbocycles. The molecule has 3 N–H and O–H groups in total. The largest absolute Gasteiger partial charge is 0.507 e. The zero-order chi connectivity index (χ0) is 21.7. The zero-order valence-corrected chi connectivity index (χ0v) is 17.8. The maximum atomic E-state index is 12.4. The predicted octanol–water partition coefficient (Wildman–Crippen LogP) is 3.57. The summed E-state index contributed by atoms with van der Waals surface area (Å²) in [6.45, 7) is 1.35. The molecule has 0 saturated carbocycles. The molecule has 2 atom stereocenters. The first-order valence-electron chi connectivity index (χ1n) is 10.1. The quantitative estimate of drug-likeness (QED) is 0.441. The Hall–Kier alpha value is -2.41. The Morgan fingerprint density at radius 3 is 2.43 bits per heavy atom. The highest BCUT2D eigenvalue weighted by Gasteiger charge is 2.40. The van der Waals surface area contributed by atoms with Crippen LogP contribution in [0.5, 0.6) is 5.75 Å². The molecule has 3 rings (SSSR count). The van der Waals surface area contributed by atoms with Crippen molar-refractivity contribution in [2.24, 2.45) is 0 Å². The lowest BCUT2D eigenvalue weighted by Gasteiger charge is -2.20. The third-order valence-corrected chi connectivity index (χ3v) is 7.63. The first-order valence-corrected chi connectivity index (χ1v) is 11.8. The van der Waals surface area contributed by atoms with Gasteiger partial charge in [0.05, 0.1) is 18.5 Å². The minimum atomic E-state index is -3.47. The van der Waals surface area contributed by atoms with E-state index in [0.29, 0.717) is 36.0 Å². The van der Waals surface area contributed by atoms with Crippen LogP contribution < -0.4 is 0 Å². The lowest BCUT2D eigenvalue weighted by atomic mass is 9.92. The Morgan fingerprint density at radius 1 is 1.13 bits per heavy atom. The molecular weight excluding hydrogens is 400 g/mol. The number of phenols is 1. The summed E-state index contributed by atoms with van der Waals surface area (Å²) in [4.78, 5) is 0. The van der Waals surface area contributed by atoms with Gasteiger partial charge >= 0.3 is 0 Å². The van der Waals surface area contributed by atoms with Crippen molar-refractivity contribution >= 4 is 21.5 Å². The van der Waals surface area contributed by atoms with Gasteiger partial charge in [0.25, 0.3) is 0 Å². The van der Waals surface area contributed by atoms with E-state index in [1.54, 1.807) is 12.1 Å². The zero-order valence-electron chi connectivity index (χ0n) is 17.0. The topological polar surface area (TPSA) is 94.8 Å². The number of aromatic hydroxyl groups is 1. The average molecular weight is 429 g/mol. The number of aliphatic hydroxyl groups is 2. The molecule has 0 aromatic heterocycles. The van der Waals surface area contributed by atoms with E-state index in [2.05, 4.69) is 0 Å². The first-order chi connectivity index (χ1) is 14.4.